The first-order chi connectivity index (χ1) is 13.7. The van der Waals surface area contributed by atoms with Gasteiger partial charge in [0.25, 0.3) is 0 Å². The first kappa shape index (κ1) is 23.9. The van der Waals surface area contributed by atoms with Crippen molar-refractivity contribution in [2.75, 3.05) is 39.3 Å². The van der Waals surface area contributed by atoms with Gasteiger partial charge in [0.2, 0.25) is 0 Å². The lowest BCUT2D eigenvalue weighted by Crippen LogP contribution is -2.40. The van der Waals surface area contributed by atoms with Crippen LogP contribution in [0.2, 0.25) is 0 Å². The molecule has 1 saturated heterocycles. The maximum absolute atomic E-state index is 4.86. The fraction of sp³-hybridized carbons (Fsp3) is 0.636. The summed E-state index contributed by atoms with van der Waals surface area (Å²) in [5, 5.41) is 6.90. The van der Waals surface area contributed by atoms with Gasteiger partial charge < -0.3 is 20.1 Å². The molecule has 1 aromatic heterocycles. The number of hydrogen-bond donors (Lipinski definition) is 2. The van der Waals surface area contributed by atoms with Crippen LogP contribution in [0.4, 0.5) is 0 Å². The third-order valence-corrected chi connectivity index (χ3v) is 5.60. The summed E-state index contributed by atoms with van der Waals surface area (Å²) >= 11 is 0. The fourth-order valence-electron chi connectivity index (χ4n) is 4.07. The number of guanidine groups is 1. The molecule has 162 valence electrons. The number of piperidine rings is 1. The lowest BCUT2D eigenvalue weighted by molar-refractivity contribution is 0.186. The van der Waals surface area contributed by atoms with E-state index in [0.717, 1.165) is 56.4 Å². The Kier molecular flexibility index (Phi) is 10.2. The summed E-state index contributed by atoms with van der Waals surface area (Å²) in [5.41, 5.74) is 2.30. The zero-order chi connectivity index (χ0) is 19.8. The van der Waals surface area contributed by atoms with Gasteiger partial charge in [0, 0.05) is 32.7 Å². The number of aryl methyl sites for hydroxylation is 2. The van der Waals surface area contributed by atoms with Gasteiger partial charge in [0.15, 0.2) is 5.96 Å². The molecule has 7 heteroatoms. The lowest BCUT2D eigenvalue weighted by atomic mass is 9.98. The van der Waals surface area contributed by atoms with Gasteiger partial charge in [0.05, 0.1) is 11.0 Å². The third kappa shape index (κ3) is 6.84. The molecule has 2 heterocycles. The number of para-hydroxylation sites is 2. The first-order valence-corrected chi connectivity index (χ1v) is 10.9. The molecule has 0 amide bonds. The molecule has 2 aromatic rings. The van der Waals surface area contributed by atoms with Crippen molar-refractivity contribution in [1.82, 2.24) is 25.1 Å². The second kappa shape index (κ2) is 12.4. The summed E-state index contributed by atoms with van der Waals surface area (Å²) in [5.74, 6) is 2.71. The van der Waals surface area contributed by atoms with Crippen LogP contribution in [0.3, 0.4) is 0 Å². The minimum Gasteiger partial charge on any atom is -0.357 e. The molecular formula is C22H37IN6. The van der Waals surface area contributed by atoms with Crippen molar-refractivity contribution in [2.45, 2.75) is 46.6 Å². The number of nitrogens with one attached hydrogen (secondary N) is 2. The standard InChI is InChI=1S/C22H36N6.HI/c1-4-23-22(25-16-19-10-8-14-27(5-2)17-19)24-13-9-15-28-18(3)26-20-11-6-7-12-21(20)28;/h6-7,11-12,19H,4-5,8-10,13-17H2,1-3H3,(H2,23,24,25);1H. The number of benzene rings is 1. The van der Waals surface area contributed by atoms with Gasteiger partial charge in [-0.2, -0.15) is 0 Å². The molecule has 29 heavy (non-hydrogen) atoms. The van der Waals surface area contributed by atoms with E-state index in [1.165, 1.54) is 31.4 Å². The fourth-order valence-corrected chi connectivity index (χ4v) is 4.07. The van der Waals surface area contributed by atoms with E-state index in [1.54, 1.807) is 0 Å². The normalized spacial score (nSPS) is 17.9. The number of rotatable bonds is 8. The minimum atomic E-state index is 0. The summed E-state index contributed by atoms with van der Waals surface area (Å²) in [6.07, 6.45) is 3.64. The number of aliphatic imine (C=N–C) groups is 1. The molecule has 1 aromatic carbocycles. The van der Waals surface area contributed by atoms with Gasteiger partial charge in [-0.05, 0) is 64.3 Å². The Morgan fingerprint density at radius 3 is 2.86 bits per heavy atom. The average molecular weight is 512 g/mol. The van der Waals surface area contributed by atoms with E-state index in [4.69, 9.17) is 4.99 Å². The van der Waals surface area contributed by atoms with E-state index < -0.39 is 0 Å². The Balaban J connectivity index is 0.00000300. The molecule has 3 rings (SSSR count). The molecule has 6 nitrogen and oxygen atoms in total. The van der Waals surface area contributed by atoms with Crippen molar-refractivity contribution in [3.63, 3.8) is 0 Å². The second-order valence-corrected chi connectivity index (χ2v) is 7.70. The predicted octanol–water partition coefficient (Wildman–Crippen LogP) is 3.64. The van der Waals surface area contributed by atoms with Crippen molar-refractivity contribution in [1.29, 1.82) is 0 Å². The van der Waals surface area contributed by atoms with Gasteiger partial charge >= 0.3 is 0 Å². The maximum Gasteiger partial charge on any atom is 0.191 e. The van der Waals surface area contributed by atoms with E-state index in [0.29, 0.717) is 5.92 Å². The van der Waals surface area contributed by atoms with Crippen molar-refractivity contribution in [3.8, 4) is 0 Å². The molecular weight excluding hydrogens is 475 g/mol. The number of hydrogen-bond acceptors (Lipinski definition) is 3. The topological polar surface area (TPSA) is 57.5 Å². The highest BCUT2D eigenvalue weighted by Gasteiger charge is 2.18. The van der Waals surface area contributed by atoms with E-state index >= 15 is 0 Å². The number of imidazole rings is 1. The monoisotopic (exact) mass is 512 g/mol. The first-order valence-electron chi connectivity index (χ1n) is 10.9. The summed E-state index contributed by atoms with van der Waals surface area (Å²) in [6.45, 7) is 13.7. The highest BCUT2D eigenvalue weighted by atomic mass is 127. The Hall–Kier alpha value is -1.35. The van der Waals surface area contributed by atoms with Gasteiger partial charge in [0.1, 0.15) is 5.82 Å². The molecule has 0 spiro atoms. The van der Waals surface area contributed by atoms with Crippen molar-refractivity contribution in [2.24, 2.45) is 10.9 Å². The van der Waals surface area contributed by atoms with Crippen molar-refractivity contribution >= 4 is 41.0 Å². The Morgan fingerprint density at radius 1 is 1.24 bits per heavy atom. The van der Waals surface area contributed by atoms with Gasteiger partial charge in [-0.1, -0.05) is 19.1 Å². The summed E-state index contributed by atoms with van der Waals surface area (Å²) in [4.78, 5) is 12.1. The van der Waals surface area contributed by atoms with Crippen LogP contribution in [-0.4, -0.2) is 59.7 Å². The number of nitrogens with zero attached hydrogens (tertiary/aromatic N) is 4. The molecule has 0 bridgehead atoms. The van der Waals surface area contributed by atoms with Crippen LogP contribution >= 0.6 is 24.0 Å². The van der Waals surface area contributed by atoms with Crippen LogP contribution < -0.4 is 10.6 Å². The summed E-state index contributed by atoms with van der Waals surface area (Å²) in [6, 6.07) is 8.36. The van der Waals surface area contributed by atoms with E-state index in [9.17, 15) is 0 Å². The highest BCUT2D eigenvalue weighted by Crippen LogP contribution is 2.17. The number of aromatic nitrogens is 2. The van der Waals surface area contributed by atoms with Gasteiger partial charge in [-0.25, -0.2) is 4.98 Å². The largest absolute Gasteiger partial charge is 0.357 e. The van der Waals surface area contributed by atoms with Crippen LogP contribution in [0.1, 0.15) is 38.9 Å². The zero-order valence-corrected chi connectivity index (χ0v) is 20.5. The van der Waals surface area contributed by atoms with E-state index in [2.05, 4.69) is 64.1 Å². The van der Waals surface area contributed by atoms with Crippen LogP contribution in [0.25, 0.3) is 11.0 Å². The van der Waals surface area contributed by atoms with Crippen LogP contribution in [0, 0.1) is 12.8 Å². The van der Waals surface area contributed by atoms with Crippen molar-refractivity contribution < 1.29 is 0 Å². The molecule has 2 N–H and O–H groups in total. The third-order valence-electron chi connectivity index (χ3n) is 5.60. The molecule has 1 aliphatic heterocycles. The average Bonchev–Trinajstić information content (AvgIpc) is 3.04. The minimum absolute atomic E-state index is 0. The Morgan fingerprint density at radius 2 is 2.07 bits per heavy atom. The van der Waals surface area contributed by atoms with Crippen LogP contribution in [0.5, 0.6) is 0 Å². The molecule has 0 saturated carbocycles. The van der Waals surface area contributed by atoms with Crippen LogP contribution in [-0.2, 0) is 6.54 Å². The zero-order valence-electron chi connectivity index (χ0n) is 18.2. The second-order valence-electron chi connectivity index (χ2n) is 7.70. The Labute approximate surface area is 192 Å². The summed E-state index contributed by atoms with van der Waals surface area (Å²) < 4.78 is 2.31. The highest BCUT2D eigenvalue weighted by molar-refractivity contribution is 14.0. The number of fused-ring (bicyclic) bond motifs is 1. The quantitative estimate of drug-likeness (QED) is 0.246. The molecule has 1 aliphatic rings. The maximum atomic E-state index is 4.86. The number of halogens is 1. The smallest absolute Gasteiger partial charge is 0.191 e. The SMILES string of the molecule is CCNC(=NCC1CCCN(CC)C1)NCCCn1c(C)nc2ccccc21.I. The molecule has 1 fully saturated rings. The van der Waals surface area contributed by atoms with Crippen LogP contribution in [0.15, 0.2) is 29.3 Å². The lowest BCUT2D eigenvalue weighted by Gasteiger charge is -2.31. The molecule has 1 atom stereocenters. The van der Waals surface area contributed by atoms with Gasteiger partial charge in [-0.15, -0.1) is 24.0 Å². The number of likely N-dealkylation sites (tertiary alicyclic amines) is 1. The predicted molar refractivity (Wildman–Crippen MR) is 133 cm³/mol. The molecule has 0 radical (unpaired) electrons. The van der Waals surface area contributed by atoms with Gasteiger partial charge in [-0.3, -0.25) is 4.99 Å². The van der Waals surface area contributed by atoms with E-state index in [1.807, 2.05) is 6.07 Å². The molecule has 1 unspecified atom stereocenters. The molecule has 0 aliphatic carbocycles. The summed E-state index contributed by atoms with van der Waals surface area (Å²) in [7, 11) is 0. The van der Waals surface area contributed by atoms with E-state index in [-0.39, 0.29) is 24.0 Å². The Bertz CT molecular complexity index is 772. The van der Waals surface area contributed by atoms with Crippen molar-refractivity contribution in [3.05, 3.63) is 30.1 Å².